The summed E-state index contributed by atoms with van der Waals surface area (Å²) >= 11 is 1.95. The maximum atomic E-state index is 14.4. The number of methoxy groups -OCH3 is 1. The Morgan fingerprint density at radius 3 is 2.33 bits per heavy atom. The number of hydrogen-bond acceptors (Lipinski definition) is 5. The van der Waals surface area contributed by atoms with Crippen LogP contribution in [0.1, 0.15) is 42.2 Å². The van der Waals surface area contributed by atoms with Crippen molar-refractivity contribution < 1.29 is 37.7 Å². The van der Waals surface area contributed by atoms with E-state index in [1.165, 1.54) is 18.2 Å². The minimum Gasteiger partial charge on any atom is -0.478 e. The average Bonchev–Trinajstić information content (AvgIpc) is 2.74. The predicted molar refractivity (Wildman–Crippen MR) is 122 cm³/mol. The molecule has 3 aromatic carbocycles. The monoisotopic (exact) mass is 567 g/mol. The van der Waals surface area contributed by atoms with Gasteiger partial charge in [-0.05, 0) is 70.1 Å². The number of aromatic carboxylic acids is 1. The number of esters is 1. The topological polar surface area (TPSA) is 116 Å². The number of carboxylic acid groups (broad SMARTS) is 1. The second-order valence-electron chi connectivity index (χ2n) is 6.82. The lowest BCUT2D eigenvalue weighted by Crippen LogP contribution is -2.16. The number of hydrogen-bond donors (Lipinski definition) is 2. The van der Waals surface area contributed by atoms with Crippen molar-refractivity contribution in [3.8, 4) is 11.5 Å². The van der Waals surface area contributed by atoms with Crippen LogP contribution in [0.4, 0.5) is 8.78 Å². The zero-order chi connectivity index (χ0) is 24.3. The maximum absolute atomic E-state index is 14.4. The molecule has 0 fully saturated rings. The largest absolute Gasteiger partial charge is 0.478 e. The standard InChI is InChI=1S/C23H16F2INO6/c1-32-23(31)17-10-15(4-5-16(17)22(29)30)33-19-8-13(24)7-12(20(19)21(27)28)6-11-2-3-14(26)9-18(11)25/h2-5,7-10H,6H2,1H3,(H2,27,28)(H,29,30). The van der Waals surface area contributed by atoms with Crippen LogP contribution in [0.25, 0.3) is 0 Å². The molecule has 3 aromatic rings. The SMILES string of the molecule is COC(=O)c1cc(Oc2cc(F)cc(Cc3ccc(I)cc3F)c2C(N)=O)ccc1C(=O)O. The van der Waals surface area contributed by atoms with Crippen LogP contribution in [-0.2, 0) is 11.2 Å². The van der Waals surface area contributed by atoms with Crippen molar-refractivity contribution in [1.82, 2.24) is 0 Å². The Kier molecular flexibility index (Phi) is 7.26. The van der Waals surface area contributed by atoms with Gasteiger partial charge in [-0.3, -0.25) is 4.79 Å². The molecule has 0 aliphatic rings. The van der Waals surface area contributed by atoms with Crippen LogP contribution in [0.15, 0.2) is 48.5 Å². The normalized spacial score (nSPS) is 10.5. The average molecular weight is 567 g/mol. The van der Waals surface area contributed by atoms with Crippen molar-refractivity contribution in [2.45, 2.75) is 6.42 Å². The Morgan fingerprint density at radius 2 is 1.73 bits per heavy atom. The van der Waals surface area contributed by atoms with Crippen molar-refractivity contribution in [2.24, 2.45) is 5.73 Å². The van der Waals surface area contributed by atoms with Gasteiger partial charge in [-0.2, -0.15) is 0 Å². The first-order chi connectivity index (χ1) is 15.6. The lowest BCUT2D eigenvalue weighted by Gasteiger charge is -2.15. The van der Waals surface area contributed by atoms with Crippen LogP contribution in [0.5, 0.6) is 11.5 Å². The van der Waals surface area contributed by atoms with E-state index < -0.39 is 29.5 Å². The number of amides is 1. The van der Waals surface area contributed by atoms with Gasteiger partial charge in [-0.1, -0.05) is 6.07 Å². The van der Waals surface area contributed by atoms with Gasteiger partial charge in [0.2, 0.25) is 0 Å². The molecule has 3 N–H and O–H groups in total. The Labute approximate surface area is 200 Å². The van der Waals surface area contributed by atoms with Gasteiger partial charge in [0.25, 0.3) is 5.91 Å². The number of benzene rings is 3. The molecule has 33 heavy (non-hydrogen) atoms. The minimum atomic E-state index is -1.37. The third-order valence-electron chi connectivity index (χ3n) is 4.65. The van der Waals surface area contributed by atoms with E-state index in [4.69, 9.17) is 10.5 Å². The lowest BCUT2D eigenvalue weighted by atomic mass is 9.98. The van der Waals surface area contributed by atoms with Crippen molar-refractivity contribution in [1.29, 1.82) is 0 Å². The van der Waals surface area contributed by atoms with Crippen LogP contribution in [0.3, 0.4) is 0 Å². The van der Waals surface area contributed by atoms with Crippen LogP contribution in [-0.4, -0.2) is 30.1 Å². The van der Waals surface area contributed by atoms with Crippen molar-refractivity contribution in [3.63, 3.8) is 0 Å². The first-order valence-electron chi connectivity index (χ1n) is 9.30. The molecule has 0 spiro atoms. The molecule has 0 unspecified atom stereocenters. The zero-order valence-electron chi connectivity index (χ0n) is 17.0. The third kappa shape index (κ3) is 5.45. The van der Waals surface area contributed by atoms with Gasteiger partial charge in [-0.25, -0.2) is 18.4 Å². The van der Waals surface area contributed by atoms with Crippen LogP contribution in [0, 0.1) is 15.2 Å². The summed E-state index contributed by atoms with van der Waals surface area (Å²) in [5.74, 6) is -4.89. The molecule has 7 nitrogen and oxygen atoms in total. The van der Waals surface area contributed by atoms with E-state index in [2.05, 4.69) is 4.74 Å². The molecule has 0 bridgehead atoms. The first-order valence-corrected chi connectivity index (χ1v) is 10.4. The van der Waals surface area contributed by atoms with E-state index in [9.17, 15) is 28.3 Å². The van der Waals surface area contributed by atoms with E-state index in [-0.39, 0.29) is 45.7 Å². The Balaban J connectivity index is 2.08. The molecule has 0 saturated heterocycles. The highest BCUT2D eigenvalue weighted by Crippen LogP contribution is 2.32. The number of carbonyl (C=O) groups excluding carboxylic acids is 2. The first kappa shape index (κ1) is 24.1. The van der Waals surface area contributed by atoms with Crippen LogP contribution in [0.2, 0.25) is 0 Å². The highest BCUT2D eigenvalue weighted by Gasteiger charge is 2.22. The summed E-state index contributed by atoms with van der Waals surface area (Å²) in [6.07, 6.45) is -0.138. The lowest BCUT2D eigenvalue weighted by molar-refractivity contribution is 0.0582. The summed E-state index contributed by atoms with van der Waals surface area (Å²) < 4.78 is 39.6. The quantitative estimate of drug-likeness (QED) is 0.320. The van der Waals surface area contributed by atoms with E-state index in [0.29, 0.717) is 3.57 Å². The predicted octanol–water partition coefficient (Wildman–Crippen LogP) is 4.54. The number of rotatable bonds is 7. The fraction of sp³-hybridized carbons (Fsp3) is 0.0870. The van der Waals surface area contributed by atoms with Crippen molar-refractivity contribution in [3.05, 3.63) is 91.6 Å². The molecule has 0 saturated carbocycles. The zero-order valence-corrected chi connectivity index (χ0v) is 19.2. The number of halogens is 3. The van der Waals surface area contributed by atoms with E-state index >= 15 is 0 Å². The second-order valence-corrected chi connectivity index (χ2v) is 8.07. The number of carboxylic acids is 1. The third-order valence-corrected chi connectivity index (χ3v) is 5.32. The fourth-order valence-corrected chi connectivity index (χ4v) is 3.64. The molecule has 0 aliphatic carbocycles. The van der Waals surface area contributed by atoms with Crippen molar-refractivity contribution >= 4 is 40.4 Å². The highest BCUT2D eigenvalue weighted by atomic mass is 127. The number of primary amides is 1. The van der Waals surface area contributed by atoms with Crippen LogP contribution >= 0.6 is 22.6 Å². The fourth-order valence-electron chi connectivity index (χ4n) is 3.18. The summed E-state index contributed by atoms with van der Waals surface area (Å²) in [6, 6.07) is 9.87. The van der Waals surface area contributed by atoms with E-state index in [1.54, 1.807) is 6.07 Å². The second kappa shape index (κ2) is 9.94. The molecule has 10 heteroatoms. The van der Waals surface area contributed by atoms with E-state index in [0.717, 1.165) is 31.4 Å². The van der Waals surface area contributed by atoms with Crippen LogP contribution < -0.4 is 10.5 Å². The molecule has 0 aromatic heterocycles. The minimum absolute atomic E-state index is 0.0695. The number of carbonyl (C=O) groups is 3. The number of ether oxygens (including phenoxy) is 2. The van der Waals surface area contributed by atoms with Gasteiger partial charge < -0.3 is 20.3 Å². The van der Waals surface area contributed by atoms with Gasteiger partial charge in [0.1, 0.15) is 23.1 Å². The van der Waals surface area contributed by atoms with Crippen molar-refractivity contribution in [2.75, 3.05) is 7.11 Å². The molecule has 3 rings (SSSR count). The Hall–Kier alpha value is -3.54. The molecule has 170 valence electrons. The molecular formula is C23H16F2INO6. The van der Waals surface area contributed by atoms with Gasteiger partial charge in [0.05, 0.1) is 23.8 Å². The molecule has 0 atom stereocenters. The highest BCUT2D eigenvalue weighted by molar-refractivity contribution is 14.1. The van der Waals surface area contributed by atoms with Gasteiger partial charge >= 0.3 is 11.9 Å². The molecular weight excluding hydrogens is 551 g/mol. The summed E-state index contributed by atoms with van der Waals surface area (Å²) in [5, 5.41) is 9.27. The summed E-state index contributed by atoms with van der Waals surface area (Å²) in [5.41, 5.74) is 4.99. The molecule has 0 heterocycles. The summed E-state index contributed by atoms with van der Waals surface area (Å²) in [6.45, 7) is 0. The smallest absolute Gasteiger partial charge is 0.338 e. The molecule has 0 aliphatic heterocycles. The summed E-state index contributed by atoms with van der Waals surface area (Å²) in [7, 11) is 1.08. The Bertz CT molecular complexity index is 1280. The number of nitrogens with two attached hydrogens (primary N) is 1. The van der Waals surface area contributed by atoms with Gasteiger partial charge in [0.15, 0.2) is 0 Å². The van der Waals surface area contributed by atoms with Gasteiger partial charge in [-0.15, -0.1) is 0 Å². The molecule has 0 radical (unpaired) electrons. The van der Waals surface area contributed by atoms with Gasteiger partial charge in [0, 0.05) is 16.1 Å². The Morgan fingerprint density at radius 1 is 1.00 bits per heavy atom. The maximum Gasteiger partial charge on any atom is 0.338 e. The molecule has 1 amide bonds. The summed E-state index contributed by atoms with van der Waals surface area (Å²) in [4.78, 5) is 35.6. The van der Waals surface area contributed by atoms with E-state index in [1.807, 2.05) is 22.6 Å².